The Labute approximate surface area is 248 Å². The Hall–Kier alpha value is -5.48. The van der Waals surface area contributed by atoms with Gasteiger partial charge in [-0.3, -0.25) is 0 Å². The first-order chi connectivity index (χ1) is 20.5. The third kappa shape index (κ3) is 13.0. The van der Waals surface area contributed by atoms with Gasteiger partial charge in [-0.05, 0) is 83.6 Å². The normalized spacial score (nSPS) is 9.52. The molecule has 0 amide bonds. The lowest BCUT2D eigenvalue weighted by atomic mass is 10.1. The van der Waals surface area contributed by atoms with E-state index >= 15 is 0 Å². The highest BCUT2D eigenvalue weighted by molar-refractivity contribution is 5.31. The fraction of sp³-hybridized carbons (Fsp3) is 0.0526. The molecule has 0 radical (unpaired) electrons. The molecule has 0 aromatic heterocycles. The van der Waals surface area contributed by atoms with Crippen molar-refractivity contribution in [2.75, 3.05) is 0 Å². The van der Waals surface area contributed by atoms with Crippen LogP contribution in [0.3, 0.4) is 0 Å². The van der Waals surface area contributed by atoms with E-state index in [4.69, 9.17) is 20.4 Å². The predicted molar refractivity (Wildman–Crippen MR) is 171 cm³/mol. The molecule has 0 fully saturated rings. The summed E-state index contributed by atoms with van der Waals surface area (Å²) in [6.07, 6.45) is 1.84. The first-order valence-corrected chi connectivity index (χ1v) is 13.6. The molecule has 0 unspecified atom stereocenters. The fourth-order valence-corrected chi connectivity index (χ4v) is 3.75. The monoisotopic (exact) mass is 556 g/mol. The first kappa shape index (κ1) is 31.1. The highest BCUT2D eigenvalue weighted by Gasteiger charge is 1.96. The lowest BCUT2D eigenvalue weighted by Gasteiger charge is -2.01. The summed E-state index contributed by atoms with van der Waals surface area (Å²) in [5.74, 6) is 1.29. The van der Waals surface area contributed by atoms with Crippen molar-refractivity contribution in [3.8, 4) is 23.0 Å². The number of hydrogen-bond donors (Lipinski definition) is 4. The van der Waals surface area contributed by atoms with Crippen LogP contribution < -0.4 is 0 Å². The largest absolute Gasteiger partial charge is 0.508 e. The molecule has 6 rings (SSSR count). The van der Waals surface area contributed by atoms with Gasteiger partial charge >= 0.3 is 0 Å². The van der Waals surface area contributed by atoms with Crippen LogP contribution in [-0.2, 0) is 12.8 Å². The van der Waals surface area contributed by atoms with E-state index in [1.54, 1.807) is 72.8 Å². The second-order valence-electron chi connectivity index (χ2n) is 9.33. The van der Waals surface area contributed by atoms with E-state index in [-0.39, 0.29) is 0 Å². The number of phenolic OH excluding ortho intramolecular Hbond substituents is 4. The van der Waals surface area contributed by atoms with Crippen LogP contribution in [0.5, 0.6) is 23.0 Å². The summed E-state index contributed by atoms with van der Waals surface area (Å²) in [6, 6.07) is 52.7. The molecule has 0 aliphatic carbocycles. The average molecular weight is 557 g/mol. The third-order valence-corrected chi connectivity index (χ3v) is 5.89. The Balaban J connectivity index is 0.000000162. The molecule has 0 saturated heterocycles. The van der Waals surface area contributed by atoms with Crippen LogP contribution in [0.4, 0.5) is 0 Å². The molecule has 0 aliphatic heterocycles. The molecule has 0 heterocycles. The predicted octanol–water partition coefficient (Wildman–Crippen LogP) is 8.75. The highest BCUT2D eigenvalue weighted by atomic mass is 16.3. The fourth-order valence-electron chi connectivity index (χ4n) is 3.75. The van der Waals surface area contributed by atoms with Crippen molar-refractivity contribution in [2.45, 2.75) is 12.8 Å². The van der Waals surface area contributed by atoms with Crippen molar-refractivity contribution < 1.29 is 20.4 Å². The maximum atomic E-state index is 9.12. The van der Waals surface area contributed by atoms with Gasteiger partial charge in [0.1, 0.15) is 23.0 Å². The van der Waals surface area contributed by atoms with Gasteiger partial charge in [-0.2, -0.15) is 0 Å². The Morgan fingerprint density at radius 1 is 0.238 bits per heavy atom. The van der Waals surface area contributed by atoms with E-state index < -0.39 is 0 Å². The van der Waals surface area contributed by atoms with Gasteiger partial charge in [-0.15, -0.1) is 0 Å². The van der Waals surface area contributed by atoms with E-state index in [2.05, 4.69) is 24.3 Å². The SMILES string of the molecule is Oc1ccc(Cc2ccccc2)cc1.Oc1ccc(Cc2ccccc2)cc1.Oc1ccccc1.Oc1ccccc1. The molecule has 42 heavy (non-hydrogen) atoms. The number of hydrogen-bond acceptors (Lipinski definition) is 4. The standard InChI is InChI=1S/2C13H12O.2C6H6O/c2*14-13-8-6-12(7-9-13)10-11-4-2-1-3-5-11;2*7-6-4-2-1-3-5-6/h2*1-9,14H,10H2;2*1-5,7H. The van der Waals surface area contributed by atoms with Crippen LogP contribution in [0.25, 0.3) is 0 Å². The third-order valence-electron chi connectivity index (χ3n) is 5.89. The van der Waals surface area contributed by atoms with Gasteiger partial charge in [0, 0.05) is 0 Å². The number of rotatable bonds is 4. The summed E-state index contributed by atoms with van der Waals surface area (Å²) < 4.78 is 0. The molecule has 6 aromatic carbocycles. The van der Waals surface area contributed by atoms with Crippen molar-refractivity contribution in [1.82, 2.24) is 0 Å². The molecule has 0 saturated carbocycles. The van der Waals surface area contributed by atoms with Crippen molar-refractivity contribution in [3.05, 3.63) is 192 Å². The Bertz CT molecular complexity index is 1380. The number of para-hydroxylation sites is 2. The van der Waals surface area contributed by atoms with Gasteiger partial charge in [0.15, 0.2) is 0 Å². The summed E-state index contributed by atoms with van der Waals surface area (Å²) in [7, 11) is 0. The minimum absolute atomic E-state index is 0.321. The van der Waals surface area contributed by atoms with Gasteiger partial charge < -0.3 is 20.4 Å². The van der Waals surface area contributed by atoms with Crippen molar-refractivity contribution >= 4 is 0 Å². The van der Waals surface area contributed by atoms with E-state index in [0.717, 1.165) is 12.8 Å². The summed E-state index contributed by atoms with van der Waals surface area (Å²) in [5, 5.41) is 35.5. The van der Waals surface area contributed by atoms with Crippen molar-refractivity contribution in [1.29, 1.82) is 0 Å². The quantitative estimate of drug-likeness (QED) is 0.175. The molecule has 4 heteroatoms. The zero-order valence-corrected chi connectivity index (χ0v) is 23.4. The van der Waals surface area contributed by atoms with Crippen LogP contribution in [0.15, 0.2) is 170 Å². The Kier molecular flexibility index (Phi) is 13.3. The summed E-state index contributed by atoms with van der Waals surface area (Å²) in [5.41, 5.74) is 5.01. The molecule has 4 nitrogen and oxygen atoms in total. The van der Waals surface area contributed by atoms with Crippen LogP contribution in [0.1, 0.15) is 22.3 Å². The molecule has 0 aliphatic rings. The maximum absolute atomic E-state index is 9.12. The second-order valence-corrected chi connectivity index (χ2v) is 9.33. The summed E-state index contributed by atoms with van der Waals surface area (Å²) in [4.78, 5) is 0. The minimum atomic E-state index is 0.321. The molecular weight excluding hydrogens is 520 g/mol. The van der Waals surface area contributed by atoms with Crippen LogP contribution in [0, 0.1) is 0 Å². The van der Waals surface area contributed by atoms with Crippen molar-refractivity contribution in [2.24, 2.45) is 0 Å². The van der Waals surface area contributed by atoms with E-state index in [9.17, 15) is 0 Å². The number of aromatic hydroxyl groups is 4. The smallest absolute Gasteiger partial charge is 0.115 e. The molecule has 4 N–H and O–H groups in total. The van der Waals surface area contributed by atoms with E-state index in [1.165, 1.54) is 22.3 Å². The summed E-state index contributed by atoms with van der Waals surface area (Å²) in [6.45, 7) is 0. The maximum Gasteiger partial charge on any atom is 0.115 e. The first-order valence-electron chi connectivity index (χ1n) is 13.6. The van der Waals surface area contributed by atoms with Gasteiger partial charge in [-0.1, -0.05) is 121 Å². The minimum Gasteiger partial charge on any atom is -0.508 e. The Morgan fingerprint density at radius 3 is 0.690 bits per heavy atom. The van der Waals surface area contributed by atoms with Gasteiger partial charge in [-0.25, -0.2) is 0 Å². The number of benzene rings is 6. The zero-order chi connectivity index (χ0) is 29.8. The van der Waals surface area contributed by atoms with Crippen LogP contribution >= 0.6 is 0 Å². The van der Waals surface area contributed by atoms with Gasteiger partial charge in [0.25, 0.3) is 0 Å². The Morgan fingerprint density at radius 2 is 0.452 bits per heavy atom. The average Bonchev–Trinajstić information content (AvgIpc) is 3.02. The van der Waals surface area contributed by atoms with E-state index in [1.807, 2.05) is 72.8 Å². The molecule has 0 spiro atoms. The molecule has 0 bridgehead atoms. The lowest BCUT2D eigenvalue weighted by Crippen LogP contribution is -1.86. The molecule has 6 aromatic rings. The number of phenols is 4. The van der Waals surface area contributed by atoms with Crippen molar-refractivity contribution in [3.63, 3.8) is 0 Å². The zero-order valence-electron chi connectivity index (χ0n) is 23.4. The van der Waals surface area contributed by atoms with Gasteiger partial charge in [0.2, 0.25) is 0 Å². The molecule has 0 atom stereocenters. The van der Waals surface area contributed by atoms with Crippen LogP contribution in [0.2, 0.25) is 0 Å². The molecular formula is C38H36O4. The second kappa shape index (κ2) is 18.0. The topological polar surface area (TPSA) is 80.9 Å². The van der Waals surface area contributed by atoms with Gasteiger partial charge in [0.05, 0.1) is 0 Å². The van der Waals surface area contributed by atoms with Crippen LogP contribution in [-0.4, -0.2) is 20.4 Å². The lowest BCUT2D eigenvalue weighted by molar-refractivity contribution is 0.474. The molecule has 212 valence electrons. The van der Waals surface area contributed by atoms with E-state index in [0.29, 0.717) is 23.0 Å². The summed E-state index contributed by atoms with van der Waals surface area (Å²) >= 11 is 0. The highest BCUT2D eigenvalue weighted by Crippen LogP contribution is 2.14.